The molecule has 18 heavy (non-hydrogen) atoms. The molecule has 2 saturated carbocycles. The Kier molecular flexibility index (Phi) is 4.20. The molecule has 0 aromatic heterocycles. The van der Waals surface area contributed by atoms with E-state index in [9.17, 15) is 13.6 Å². The van der Waals surface area contributed by atoms with Crippen LogP contribution in [-0.2, 0) is 4.79 Å². The summed E-state index contributed by atoms with van der Waals surface area (Å²) in [6, 6.07) is -0.0476. The summed E-state index contributed by atoms with van der Waals surface area (Å²) >= 11 is 0. The van der Waals surface area contributed by atoms with Crippen molar-refractivity contribution in [2.75, 3.05) is 0 Å². The molecule has 3 nitrogen and oxygen atoms in total. The first kappa shape index (κ1) is 13.7. The lowest BCUT2D eigenvalue weighted by molar-refractivity contribution is -0.133. The SMILES string of the molecule is N[C@@H]1CCCC[C@H]1NC(=O)C1CCCC(F)(F)C1. The summed E-state index contributed by atoms with van der Waals surface area (Å²) in [5, 5.41) is 2.88. The number of halogens is 2. The molecule has 0 heterocycles. The van der Waals surface area contributed by atoms with Gasteiger partial charge in [0.25, 0.3) is 0 Å². The molecule has 0 saturated heterocycles. The third-order valence-electron chi connectivity index (χ3n) is 4.16. The van der Waals surface area contributed by atoms with E-state index < -0.39 is 11.8 Å². The van der Waals surface area contributed by atoms with Gasteiger partial charge < -0.3 is 11.1 Å². The molecule has 1 amide bonds. The monoisotopic (exact) mass is 260 g/mol. The fraction of sp³-hybridized carbons (Fsp3) is 0.923. The Morgan fingerprint density at radius 2 is 1.89 bits per heavy atom. The number of hydrogen-bond acceptors (Lipinski definition) is 2. The Bertz CT molecular complexity index is 309. The number of amides is 1. The fourth-order valence-electron chi connectivity index (χ4n) is 3.03. The second-order valence-corrected chi connectivity index (χ2v) is 5.71. The minimum Gasteiger partial charge on any atom is -0.352 e. The minimum absolute atomic E-state index is 0.0215. The van der Waals surface area contributed by atoms with Crippen molar-refractivity contribution in [3.05, 3.63) is 0 Å². The lowest BCUT2D eigenvalue weighted by atomic mass is 9.85. The Balaban J connectivity index is 1.87. The molecule has 3 atom stereocenters. The average Bonchev–Trinajstić information content (AvgIpc) is 2.31. The van der Waals surface area contributed by atoms with Gasteiger partial charge in [-0.3, -0.25) is 4.79 Å². The lowest BCUT2D eigenvalue weighted by Crippen LogP contribution is -2.51. The van der Waals surface area contributed by atoms with Crippen LogP contribution in [0.3, 0.4) is 0 Å². The highest BCUT2D eigenvalue weighted by Gasteiger charge is 2.39. The van der Waals surface area contributed by atoms with E-state index in [-0.39, 0.29) is 30.8 Å². The molecule has 2 aliphatic carbocycles. The van der Waals surface area contributed by atoms with Crippen molar-refractivity contribution in [2.24, 2.45) is 11.7 Å². The maximum atomic E-state index is 13.3. The minimum atomic E-state index is -2.67. The standard InChI is InChI=1S/C13H22F2N2O/c14-13(15)7-3-4-9(8-13)12(18)17-11-6-2-1-5-10(11)16/h9-11H,1-8,16H2,(H,17,18)/t9?,10-,11-/m1/s1. The maximum absolute atomic E-state index is 13.3. The van der Waals surface area contributed by atoms with E-state index in [4.69, 9.17) is 5.73 Å². The van der Waals surface area contributed by atoms with Crippen LogP contribution >= 0.6 is 0 Å². The topological polar surface area (TPSA) is 55.1 Å². The molecule has 0 radical (unpaired) electrons. The van der Waals surface area contributed by atoms with Crippen molar-refractivity contribution < 1.29 is 13.6 Å². The maximum Gasteiger partial charge on any atom is 0.248 e. The van der Waals surface area contributed by atoms with Crippen molar-refractivity contribution in [3.8, 4) is 0 Å². The van der Waals surface area contributed by atoms with Crippen LogP contribution in [0.5, 0.6) is 0 Å². The van der Waals surface area contributed by atoms with E-state index in [0.29, 0.717) is 12.8 Å². The molecule has 2 rings (SSSR count). The summed E-state index contributed by atoms with van der Waals surface area (Å²) < 4.78 is 26.5. The highest BCUT2D eigenvalue weighted by Crippen LogP contribution is 2.36. The quantitative estimate of drug-likeness (QED) is 0.799. The van der Waals surface area contributed by atoms with Gasteiger partial charge in [0.1, 0.15) is 0 Å². The van der Waals surface area contributed by atoms with Gasteiger partial charge in [-0.1, -0.05) is 12.8 Å². The number of nitrogens with two attached hydrogens (primary N) is 1. The Morgan fingerprint density at radius 1 is 1.17 bits per heavy atom. The Labute approximate surface area is 106 Å². The molecule has 0 aromatic rings. The Hall–Kier alpha value is -0.710. The van der Waals surface area contributed by atoms with Gasteiger partial charge in [0.15, 0.2) is 0 Å². The summed E-state index contributed by atoms with van der Waals surface area (Å²) in [6.45, 7) is 0. The summed E-state index contributed by atoms with van der Waals surface area (Å²) in [5.41, 5.74) is 5.95. The van der Waals surface area contributed by atoms with E-state index in [1.807, 2.05) is 0 Å². The highest BCUT2D eigenvalue weighted by molar-refractivity contribution is 5.79. The first-order chi connectivity index (χ1) is 8.48. The van der Waals surface area contributed by atoms with Gasteiger partial charge in [0.05, 0.1) is 0 Å². The molecule has 0 aliphatic heterocycles. The zero-order valence-electron chi connectivity index (χ0n) is 10.6. The van der Waals surface area contributed by atoms with Crippen molar-refractivity contribution >= 4 is 5.91 Å². The lowest BCUT2D eigenvalue weighted by Gasteiger charge is -2.33. The van der Waals surface area contributed by atoms with Gasteiger partial charge >= 0.3 is 0 Å². The van der Waals surface area contributed by atoms with Gasteiger partial charge in [0.2, 0.25) is 11.8 Å². The molecule has 0 bridgehead atoms. The first-order valence-corrected chi connectivity index (χ1v) is 6.92. The van der Waals surface area contributed by atoms with Crippen LogP contribution < -0.4 is 11.1 Å². The summed E-state index contributed by atoms with van der Waals surface area (Å²) in [5.74, 6) is -3.44. The van der Waals surface area contributed by atoms with Gasteiger partial charge in [-0.2, -0.15) is 0 Å². The van der Waals surface area contributed by atoms with Crippen molar-refractivity contribution in [3.63, 3.8) is 0 Å². The Morgan fingerprint density at radius 3 is 2.56 bits per heavy atom. The zero-order chi connectivity index (χ0) is 13.2. The second-order valence-electron chi connectivity index (χ2n) is 5.71. The molecule has 104 valence electrons. The summed E-state index contributed by atoms with van der Waals surface area (Å²) in [7, 11) is 0. The molecule has 3 N–H and O–H groups in total. The third kappa shape index (κ3) is 3.40. The zero-order valence-corrected chi connectivity index (χ0v) is 10.6. The van der Waals surface area contributed by atoms with Crippen molar-refractivity contribution in [2.45, 2.75) is 69.4 Å². The van der Waals surface area contributed by atoms with E-state index >= 15 is 0 Å². The molecule has 1 unspecified atom stereocenters. The first-order valence-electron chi connectivity index (χ1n) is 6.92. The molecular formula is C13H22F2N2O. The number of nitrogens with one attached hydrogen (secondary N) is 1. The molecule has 0 spiro atoms. The predicted octanol–water partition coefficient (Wildman–Crippen LogP) is 2.20. The second kappa shape index (κ2) is 5.51. The largest absolute Gasteiger partial charge is 0.352 e. The number of hydrogen-bond donors (Lipinski definition) is 2. The van der Waals surface area contributed by atoms with Gasteiger partial charge in [-0.05, 0) is 25.7 Å². The van der Waals surface area contributed by atoms with E-state index in [1.165, 1.54) is 0 Å². The third-order valence-corrected chi connectivity index (χ3v) is 4.16. The summed E-state index contributed by atoms with van der Waals surface area (Å²) in [6.07, 6.45) is 4.54. The molecule has 2 aliphatic rings. The number of alkyl halides is 2. The van der Waals surface area contributed by atoms with Crippen LogP contribution in [0.4, 0.5) is 8.78 Å². The van der Waals surface area contributed by atoms with Gasteiger partial charge in [0, 0.05) is 30.8 Å². The van der Waals surface area contributed by atoms with Gasteiger partial charge in [-0.25, -0.2) is 8.78 Å². The van der Waals surface area contributed by atoms with Crippen LogP contribution in [0.25, 0.3) is 0 Å². The fourth-order valence-corrected chi connectivity index (χ4v) is 3.03. The van der Waals surface area contributed by atoms with Crippen LogP contribution in [0.15, 0.2) is 0 Å². The molecule has 0 aromatic carbocycles. The molecule has 2 fully saturated rings. The predicted molar refractivity (Wildman–Crippen MR) is 65.3 cm³/mol. The van der Waals surface area contributed by atoms with E-state index in [2.05, 4.69) is 5.32 Å². The normalized spacial score (nSPS) is 36.1. The van der Waals surface area contributed by atoms with E-state index in [1.54, 1.807) is 0 Å². The average molecular weight is 260 g/mol. The number of carbonyl (C=O) groups is 1. The summed E-state index contributed by atoms with van der Waals surface area (Å²) in [4.78, 5) is 12.0. The number of rotatable bonds is 2. The smallest absolute Gasteiger partial charge is 0.248 e. The van der Waals surface area contributed by atoms with Crippen molar-refractivity contribution in [1.82, 2.24) is 5.32 Å². The van der Waals surface area contributed by atoms with Crippen LogP contribution in [-0.4, -0.2) is 23.9 Å². The number of carbonyl (C=O) groups excluding carboxylic acids is 1. The van der Waals surface area contributed by atoms with Gasteiger partial charge in [-0.15, -0.1) is 0 Å². The van der Waals surface area contributed by atoms with E-state index in [0.717, 1.165) is 25.7 Å². The van der Waals surface area contributed by atoms with Crippen LogP contribution in [0.1, 0.15) is 51.4 Å². The van der Waals surface area contributed by atoms with Crippen LogP contribution in [0, 0.1) is 5.92 Å². The van der Waals surface area contributed by atoms with Crippen LogP contribution in [0.2, 0.25) is 0 Å². The molecule has 5 heteroatoms. The highest BCUT2D eigenvalue weighted by atomic mass is 19.3. The molecular weight excluding hydrogens is 238 g/mol. The van der Waals surface area contributed by atoms with Crippen molar-refractivity contribution in [1.29, 1.82) is 0 Å².